The van der Waals surface area contributed by atoms with Crippen LogP contribution < -0.4 is 5.73 Å². The number of aromatic nitrogens is 4. The van der Waals surface area contributed by atoms with Crippen LogP contribution in [0.5, 0.6) is 0 Å². The van der Waals surface area contributed by atoms with Gasteiger partial charge in [0.25, 0.3) is 5.91 Å². The van der Waals surface area contributed by atoms with Gasteiger partial charge in [0.15, 0.2) is 0 Å². The summed E-state index contributed by atoms with van der Waals surface area (Å²) in [6.45, 7) is 0.183. The summed E-state index contributed by atoms with van der Waals surface area (Å²) in [6, 6.07) is 5.48. The SMILES string of the molecule is CN(C(=O)c1ccc2nc(N)c3c(cnn3C)c2c1)[C@@H]1COCc2cc(C(F)(F)F)ncc21. The van der Waals surface area contributed by atoms with Crippen LogP contribution in [-0.2, 0) is 24.6 Å². The Bertz CT molecular complexity index is 1420. The lowest BCUT2D eigenvalue weighted by molar-refractivity contribution is -0.141. The number of hydrogen-bond donors (Lipinski definition) is 1. The molecule has 0 saturated carbocycles. The van der Waals surface area contributed by atoms with Crippen LogP contribution >= 0.6 is 0 Å². The third-order valence-electron chi connectivity index (χ3n) is 5.95. The second-order valence-corrected chi connectivity index (χ2v) is 7.97. The van der Waals surface area contributed by atoms with E-state index >= 15 is 0 Å². The van der Waals surface area contributed by atoms with Gasteiger partial charge in [-0.25, -0.2) is 4.98 Å². The van der Waals surface area contributed by atoms with Crippen molar-refractivity contribution in [2.75, 3.05) is 19.4 Å². The maximum atomic E-state index is 13.3. The molecule has 1 amide bonds. The first-order valence-electron chi connectivity index (χ1n) is 10.1. The number of rotatable bonds is 2. The van der Waals surface area contributed by atoms with Crippen LogP contribution in [0.25, 0.3) is 21.8 Å². The monoisotopic (exact) mass is 456 g/mol. The van der Waals surface area contributed by atoms with Gasteiger partial charge in [-0.2, -0.15) is 18.3 Å². The van der Waals surface area contributed by atoms with Crippen molar-refractivity contribution in [2.45, 2.75) is 18.8 Å². The van der Waals surface area contributed by atoms with Crippen molar-refractivity contribution >= 4 is 33.5 Å². The lowest BCUT2D eigenvalue weighted by Gasteiger charge is -2.33. The quantitative estimate of drug-likeness (QED) is 0.496. The third kappa shape index (κ3) is 3.44. The molecule has 4 heterocycles. The summed E-state index contributed by atoms with van der Waals surface area (Å²) in [7, 11) is 3.35. The Labute approximate surface area is 185 Å². The number of likely N-dealkylation sites (N-methyl/N-ethyl adjacent to an activating group) is 1. The molecule has 1 aromatic carbocycles. The number of nitrogens with two attached hydrogens (primary N) is 1. The zero-order valence-electron chi connectivity index (χ0n) is 17.7. The molecule has 4 aromatic rings. The highest BCUT2D eigenvalue weighted by atomic mass is 19.4. The number of nitrogens with zero attached hydrogens (tertiary/aromatic N) is 5. The van der Waals surface area contributed by atoms with Crippen molar-refractivity contribution < 1.29 is 22.7 Å². The summed E-state index contributed by atoms with van der Waals surface area (Å²) in [5.74, 6) is 0.0301. The maximum absolute atomic E-state index is 13.3. The van der Waals surface area contributed by atoms with E-state index in [9.17, 15) is 18.0 Å². The average molecular weight is 456 g/mol. The predicted molar refractivity (Wildman–Crippen MR) is 114 cm³/mol. The number of fused-ring (bicyclic) bond motifs is 4. The van der Waals surface area contributed by atoms with Crippen LogP contribution in [0, 0.1) is 0 Å². The van der Waals surface area contributed by atoms with Gasteiger partial charge >= 0.3 is 6.18 Å². The van der Waals surface area contributed by atoms with E-state index in [1.807, 2.05) is 0 Å². The number of amides is 1. The molecule has 1 aliphatic rings. The summed E-state index contributed by atoms with van der Waals surface area (Å²) < 4.78 is 46.2. The molecule has 0 aliphatic carbocycles. The van der Waals surface area contributed by atoms with E-state index in [-0.39, 0.29) is 19.1 Å². The van der Waals surface area contributed by atoms with Crippen molar-refractivity contribution in [3.63, 3.8) is 0 Å². The van der Waals surface area contributed by atoms with Gasteiger partial charge in [0.2, 0.25) is 0 Å². The Morgan fingerprint density at radius 2 is 2.03 bits per heavy atom. The van der Waals surface area contributed by atoms with Gasteiger partial charge in [-0.3, -0.25) is 14.5 Å². The Kier molecular flexibility index (Phi) is 4.74. The molecule has 170 valence electrons. The smallest absolute Gasteiger partial charge is 0.382 e. The van der Waals surface area contributed by atoms with E-state index < -0.39 is 17.9 Å². The van der Waals surface area contributed by atoms with Gasteiger partial charge in [-0.1, -0.05) is 0 Å². The fourth-order valence-electron chi connectivity index (χ4n) is 4.23. The standard InChI is InChI=1S/C22H19F3N6O2/c1-30(17-10-33-9-12-6-18(22(23,24)25)27-7-14(12)17)21(32)11-3-4-16-13(5-11)15-8-28-31(2)19(15)20(26)29-16/h3-8,17H,9-10H2,1-2H3,(H2,26,29)/t17-/m1/s1. The highest BCUT2D eigenvalue weighted by Gasteiger charge is 2.35. The summed E-state index contributed by atoms with van der Waals surface area (Å²) in [5, 5.41) is 5.73. The first-order valence-corrected chi connectivity index (χ1v) is 10.1. The molecule has 11 heteroatoms. The van der Waals surface area contributed by atoms with Crippen molar-refractivity contribution in [3.8, 4) is 0 Å². The van der Waals surface area contributed by atoms with Crippen LogP contribution in [0.2, 0.25) is 0 Å². The van der Waals surface area contributed by atoms with Gasteiger partial charge in [-0.15, -0.1) is 0 Å². The lowest BCUT2D eigenvalue weighted by atomic mass is 9.98. The Morgan fingerprint density at radius 3 is 2.79 bits per heavy atom. The second-order valence-electron chi connectivity index (χ2n) is 7.97. The molecule has 0 radical (unpaired) electrons. The van der Waals surface area contributed by atoms with Crippen molar-refractivity contribution in [2.24, 2.45) is 7.05 Å². The topological polar surface area (TPSA) is 99.2 Å². The number of benzene rings is 1. The van der Waals surface area contributed by atoms with Crippen LogP contribution in [0.15, 0.2) is 36.7 Å². The molecule has 5 rings (SSSR count). The molecule has 33 heavy (non-hydrogen) atoms. The number of aryl methyl sites for hydroxylation is 1. The van der Waals surface area contributed by atoms with Gasteiger partial charge < -0.3 is 15.4 Å². The second kappa shape index (κ2) is 7.41. The maximum Gasteiger partial charge on any atom is 0.433 e. The summed E-state index contributed by atoms with van der Waals surface area (Å²) in [4.78, 5) is 22.8. The number of alkyl halides is 3. The minimum absolute atomic E-state index is 0.0293. The first-order chi connectivity index (χ1) is 15.6. The van der Waals surface area contributed by atoms with Gasteiger partial charge in [0, 0.05) is 42.2 Å². The fourth-order valence-corrected chi connectivity index (χ4v) is 4.23. The molecule has 0 saturated heterocycles. The molecule has 0 fully saturated rings. The van der Waals surface area contributed by atoms with Crippen molar-refractivity contribution in [3.05, 3.63) is 59.0 Å². The van der Waals surface area contributed by atoms with E-state index in [0.29, 0.717) is 33.5 Å². The highest BCUT2D eigenvalue weighted by molar-refractivity contribution is 6.10. The number of carbonyl (C=O) groups is 1. The number of nitrogen functional groups attached to an aromatic ring is 1. The number of anilines is 1. The molecule has 1 atom stereocenters. The van der Waals surface area contributed by atoms with E-state index in [1.54, 1.807) is 43.2 Å². The Hall–Kier alpha value is -3.73. The molecular formula is C22H19F3N6O2. The molecule has 0 spiro atoms. The number of carbonyl (C=O) groups excluding carboxylic acids is 1. The van der Waals surface area contributed by atoms with E-state index in [4.69, 9.17) is 10.5 Å². The van der Waals surface area contributed by atoms with Gasteiger partial charge in [0.05, 0.1) is 31.0 Å². The molecule has 0 unspecified atom stereocenters. The molecular weight excluding hydrogens is 437 g/mol. The summed E-state index contributed by atoms with van der Waals surface area (Å²) in [6.07, 6.45) is -1.70. The normalized spacial score (nSPS) is 16.2. The van der Waals surface area contributed by atoms with Gasteiger partial charge in [0.1, 0.15) is 17.0 Å². The van der Waals surface area contributed by atoms with E-state index in [2.05, 4.69) is 15.1 Å². The highest BCUT2D eigenvalue weighted by Crippen LogP contribution is 2.35. The Morgan fingerprint density at radius 1 is 1.24 bits per heavy atom. The predicted octanol–water partition coefficient (Wildman–Crippen LogP) is 3.46. The molecule has 0 bridgehead atoms. The fraction of sp³-hybridized carbons (Fsp3) is 0.273. The lowest BCUT2D eigenvalue weighted by Crippen LogP contribution is -2.36. The van der Waals surface area contributed by atoms with Crippen molar-refractivity contribution in [1.82, 2.24) is 24.6 Å². The number of hydrogen-bond acceptors (Lipinski definition) is 6. The summed E-state index contributed by atoms with van der Waals surface area (Å²) in [5.41, 5.74) is 7.67. The minimum atomic E-state index is -4.55. The third-order valence-corrected chi connectivity index (χ3v) is 5.95. The van der Waals surface area contributed by atoms with Crippen LogP contribution in [0.1, 0.15) is 33.2 Å². The first kappa shape index (κ1) is 21.1. The molecule has 8 nitrogen and oxygen atoms in total. The minimum Gasteiger partial charge on any atom is -0.382 e. The Balaban J connectivity index is 1.52. The average Bonchev–Trinajstić information content (AvgIpc) is 3.19. The van der Waals surface area contributed by atoms with E-state index in [0.717, 1.165) is 16.8 Å². The zero-order valence-corrected chi connectivity index (χ0v) is 17.7. The zero-order chi connectivity index (χ0) is 23.5. The molecule has 1 aliphatic heterocycles. The largest absolute Gasteiger partial charge is 0.433 e. The molecule has 2 N–H and O–H groups in total. The van der Waals surface area contributed by atoms with Crippen LogP contribution in [-0.4, -0.2) is 44.2 Å². The van der Waals surface area contributed by atoms with Crippen molar-refractivity contribution in [1.29, 1.82) is 0 Å². The molecule has 3 aromatic heterocycles. The van der Waals surface area contributed by atoms with E-state index in [1.165, 1.54) is 11.1 Å². The number of ether oxygens (including phenoxy) is 1. The number of pyridine rings is 2. The van der Waals surface area contributed by atoms with Crippen LogP contribution in [0.4, 0.5) is 19.0 Å². The number of halogens is 3. The van der Waals surface area contributed by atoms with Crippen LogP contribution in [0.3, 0.4) is 0 Å². The van der Waals surface area contributed by atoms with Gasteiger partial charge in [-0.05, 0) is 29.8 Å². The summed E-state index contributed by atoms with van der Waals surface area (Å²) >= 11 is 0.